The van der Waals surface area contributed by atoms with Gasteiger partial charge in [-0.15, -0.1) is 0 Å². The number of alkyl halides is 3. The Kier molecular flexibility index (Phi) is 3.02. The van der Waals surface area contributed by atoms with Gasteiger partial charge in [-0.1, -0.05) is 6.92 Å². The van der Waals surface area contributed by atoms with E-state index in [1.54, 1.807) is 0 Å². The highest BCUT2D eigenvalue weighted by Gasteiger charge is 2.36. The van der Waals surface area contributed by atoms with Crippen molar-refractivity contribution in [3.8, 4) is 0 Å². The zero-order valence-electron chi connectivity index (χ0n) is 9.44. The van der Waals surface area contributed by atoms with Crippen LogP contribution in [-0.2, 0) is 12.6 Å². The Labute approximate surface area is 97.0 Å². The largest absolute Gasteiger partial charge is 0.419 e. The van der Waals surface area contributed by atoms with E-state index in [2.05, 4.69) is 0 Å². The van der Waals surface area contributed by atoms with Gasteiger partial charge >= 0.3 is 6.18 Å². The Bertz CT molecular complexity index is 425. The molecule has 0 aliphatic carbocycles. The molecule has 0 radical (unpaired) electrons. The van der Waals surface area contributed by atoms with Gasteiger partial charge in [0.05, 0.1) is 5.56 Å². The van der Waals surface area contributed by atoms with Gasteiger partial charge in [-0.25, -0.2) is 4.39 Å². The van der Waals surface area contributed by atoms with Gasteiger partial charge in [0, 0.05) is 18.8 Å². The van der Waals surface area contributed by atoms with E-state index in [9.17, 15) is 17.6 Å². The first-order valence-corrected chi connectivity index (χ1v) is 5.58. The van der Waals surface area contributed by atoms with E-state index in [-0.39, 0.29) is 0 Å². The smallest absolute Gasteiger partial charge is 0.371 e. The fourth-order valence-electron chi connectivity index (χ4n) is 2.19. The van der Waals surface area contributed by atoms with E-state index in [1.807, 2.05) is 11.8 Å². The van der Waals surface area contributed by atoms with Gasteiger partial charge in [0.1, 0.15) is 5.82 Å². The van der Waals surface area contributed by atoms with Gasteiger partial charge in [-0.3, -0.25) is 0 Å². The zero-order chi connectivity index (χ0) is 12.6. The van der Waals surface area contributed by atoms with Crippen molar-refractivity contribution in [2.75, 3.05) is 18.0 Å². The Hall–Kier alpha value is -1.26. The number of rotatable bonds is 2. The average molecular weight is 247 g/mol. The molecule has 0 saturated heterocycles. The maximum absolute atomic E-state index is 13.3. The molecule has 1 aromatic rings. The van der Waals surface area contributed by atoms with Gasteiger partial charge < -0.3 is 4.90 Å². The summed E-state index contributed by atoms with van der Waals surface area (Å²) in [6.45, 7) is 3.34. The van der Waals surface area contributed by atoms with Crippen LogP contribution < -0.4 is 4.90 Å². The van der Waals surface area contributed by atoms with Crippen molar-refractivity contribution in [1.29, 1.82) is 0 Å². The summed E-state index contributed by atoms with van der Waals surface area (Å²) in [5.74, 6) is -1.17. The molecule has 2 rings (SSSR count). The van der Waals surface area contributed by atoms with E-state index in [4.69, 9.17) is 0 Å². The number of fused-ring (bicyclic) bond motifs is 1. The average Bonchev–Trinajstić information content (AvgIpc) is 2.59. The molecule has 0 N–H and O–H groups in total. The minimum atomic E-state index is -4.63. The van der Waals surface area contributed by atoms with Crippen LogP contribution in [0.2, 0.25) is 0 Å². The highest BCUT2D eigenvalue weighted by Crippen LogP contribution is 2.38. The minimum absolute atomic E-state index is 0.528. The van der Waals surface area contributed by atoms with Gasteiger partial charge in [0.15, 0.2) is 0 Å². The second-order valence-corrected chi connectivity index (χ2v) is 4.20. The van der Waals surface area contributed by atoms with Crippen LogP contribution in [0.15, 0.2) is 12.1 Å². The first-order valence-electron chi connectivity index (χ1n) is 5.58. The summed E-state index contributed by atoms with van der Waals surface area (Å²) in [6, 6.07) is 1.96. The van der Waals surface area contributed by atoms with Gasteiger partial charge in [-0.05, 0) is 30.5 Å². The third-order valence-corrected chi connectivity index (χ3v) is 2.96. The Balaban J connectivity index is 2.43. The molecule has 94 valence electrons. The lowest BCUT2D eigenvalue weighted by Gasteiger charge is -2.19. The van der Waals surface area contributed by atoms with Gasteiger partial charge in [0.2, 0.25) is 0 Å². The number of hydrogen-bond acceptors (Lipinski definition) is 1. The van der Waals surface area contributed by atoms with E-state index < -0.39 is 17.6 Å². The molecule has 0 atom stereocenters. The standard InChI is InChI=1S/C12H13F4N/c1-2-4-17-5-3-8-6-10(13)9(7-11(8)17)12(14,15)16/h6-7H,2-5H2,1H3. The number of nitrogens with zero attached hydrogens (tertiary/aromatic N) is 1. The Morgan fingerprint density at radius 1 is 1.29 bits per heavy atom. The molecule has 1 aromatic carbocycles. The first-order chi connectivity index (χ1) is 7.93. The van der Waals surface area contributed by atoms with Crippen molar-refractivity contribution in [1.82, 2.24) is 0 Å². The van der Waals surface area contributed by atoms with Crippen molar-refractivity contribution in [3.05, 3.63) is 29.1 Å². The lowest BCUT2D eigenvalue weighted by molar-refractivity contribution is -0.139. The molecule has 0 fully saturated rings. The van der Waals surface area contributed by atoms with Crippen LogP contribution in [0.1, 0.15) is 24.5 Å². The summed E-state index contributed by atoms with van der Waals surface area (Å²) >= 11 is 0. The molecule has 0 aromatic heterocycles. The summed E-state index contributed by atoms with van der Waals surface area (Å²) in [5, 5.41) is 0. The van der Waals surface area contributed by atoms with Crippen molar-refractivity contribution >= 4 is 5.69 Å². The second-order valence-electron chi connectivity index (χ2n) is 4.20. The summed E-state index contributed by atoms with van der Waals surface area (Å²) in [5.41, 5.74) is 0.0313. The maximum atomic E-state index is 13.3. The van der Waals surface area contributed by atoms with Gasteiger partial charge in [0.25, 0.3) is 0 Å². The normalized spacial score (nSPS) is 15.2. The van der Waals surface area contributed by atoms with E-state index in [0.717, 1.165) is 18.6 Å². The van der Waals surface area contributed by atoms with Crippen LogP contribution in [0.25, 0.3) is 0 Å². The van der Waals surface area contributed by atoms with Crippen molar-refractivity contribution in [2.24, 2.45) is 0 Å². The van der Waals surface area contributed by atoms with E-state index in [0.29, 0.717) is 30.8 Å². The van der Waals surface area contributed by atoms with Gasteiger partial charge in [-0.2, -0.15) is 13.2 Å². The summed E-state index contributed by atoms with van der Waals surface area (Å²) < 4.78 is 51.0. The minimum Gasteiger partial charge on any atom is -0.371 e. The lowest BCUT2D eigenvalue weighted by atomic mass is 10.1. The number of halogens is 4. The van der Waals surface area contributed by atoms with Crippen LogP contribution >= 0.6 is 0 Å². The van der Waals surface area contributed by atoms with E-state index >= 15 is 0 Å². The maximum Gasteiger partial charge on any atom is 0.419 e. The van der Waals surface area contributed by atoms with Crippen LogP contribution in [0.4, 0.5) is 23.2 Å². The molecule has 1 aliphatic rings. The molecular formula is C12H13F4N. The van der Waals surface area contributed by atoms with Crippen molar-refractivity contribution in [2.45, 2.75) is 25.9 Å². The monoisotopic (exact) mass is 247 g/mol. The highest BCUT2D eigenvalue weighted by molar-refractivity contribution is 5.60. The third kappa shape index (κ3) is 2.23. The summed E-state index contributed by atoms with van der Waals surface area (Å²) in [4.78, 5) is 1.88. The molecule has 0 amide bonds. The van der Waals surface area contributed by atoms with Crippen LogP contribution in [-0.4, -0.2) is 13.1 Å². The number of benzene rings is 1. The molecule has 0 bridgehead atoms. The molecule has 1 aliphatic heterocycles. The molecule has 0 spiro atoms. The highest BCUT2D eigenvalue weighted by atomic mass is 19.4. The molecule has 0 unspecified atom stereocenters. The third-order valence-electron chi connectivity index (χ3n) is 2.96. The number of anilines is 1. The Morgan fingerprint density at radius 3 is 2.59 bits per heavy atom. The fraction of sp³-hybridized carbons (Fsp3) is 0.500. The first kappa shape index (κ1) is 12.2. The SMILES string of the molecule is CCCN1CCc2cc(F)c(C(F)(F)F)cc21. The van der Waals surface area contributed by atoms with Crippen LogP contribution in [0, 0.1) is 5.82 Å². The number of hydrogen-bond donors (Lipinski definition) is 0. The van der Waals surface area contributed by atoms with Crippen molar-refractivity contribution in [3.63, 3.8) is 0 Å². The van der Waals surface area contributed by atoms with Crippen LogP contribution in [0.3, 0.4) is 0 Å². The summed E-state index contributed by atoms with van der Waals surface area (Å²) in [6.07, 6.45) is -3.15. The molecule has 1 heterocycles. The van der Waals surface area contributed by atoms with Crippen LogP contribution in [0.5, 0.6) is 0 Å². The van der Waals surface area contributed by atoms with Crippen molar-refractivity contribution < 1.29 is 17.6 Å². The second kappa shape index (κ2) is 4.20. The topological polar surface area (TPSA) is 3.24 Å². The zero-order valence-corrected chi connectivity index (χ0v) is 9.44. The fourth-order valence-corrected chi connectivity index (χ4v) is 2.19. The molecule has 17 heavy (non-hydrogen) atoms. The molecule has 1 nitrogen and oxygen atoms in total. The molecule has 5 heteroatoms. The Morgan fingerprint density at radius 2 is 2.00 bits per heavy atom. The predicted molar refractivity (Wildman–Crippen MR) is 57.6 cm³/mol. The summed E-state index contributed by atoms with van der Waals surface area (Å²) in [7, 11) is 0. The van der Waals surface area contributed by atoms with E-state index in [1.165, 1.54) is 0 Å². The molecular weight excluding hydrogens is 234 g/mol. The quantitative estimate of drug-likeness (QED) is 0.721. The predicted octanol–water partition coefficient (Wildman–Crippen LogP) is 3.62. The lowest BCUT2D eigenvalue weighted by Crippen LogP contribution is -2.21. The molecule has 0 saturated carbocycles.